The summed E-state index contributed by atoms with van der Waals surface area (Å²) in [6.07, 6.45) is -3.68. The van der Waals surface area contributed by atoms with E-state index in [4.69, 9.17) is 0 Å². The number of alkyl halides is 3. The van der Waals surface area contributed by atoms with Gasteiger partial charge in [0.2, 0.25) is 11.8 Å². The van der Waals surface area contributed by atoms with Crippen molar-refractivity contribution >= 4 is 17.7 Å². The molecule has 1 aliphatic heterocycles. The van der Waals surface area contributed by atoms with Gasteiger partial charge < -0.3 is 15.5 Å². The molecule has 0 bridgehead atoms. The van der Waals surface area contributed by atoms with Crippen LogP contribution in [0.25, 0.3) is 0 Å². The van der Waals surface area contributed by atoms with Crippen LogP contribution in [0.5, 0.6) is 0 Å². The molecule has 1 aromatic carbocycles. The predicted molar refractivity (Wildman–Crippen MR) is 99.9 cm³/mol. The van der Waals surface area contributed by atoms with E-state index in [1.165, 1.54) is 4.90 Å². The highest BCUT2D eigenvalue weighted by molar-refractivity contribution is 5.87. The van der Waals surface area contributed by atoms with Crippen molar-refractivity contribution in [1.82, 2.24) is 20.4 Å². The molecule has 7 nitrogen and oxygen atoms in total. The lowest BCUT2D eigenvalue weighted by molar-refractivity contribution is -0.174. The van der Waals surface area contributed by atoms with E-state index in [0.29, 0.717) is 32.6 Å². The minimum atomic E-state index is -5.01. The summed E-state index contributed by atoms with van der Waals surface area (Å²) in [5.74, 6) is -2.82. The quantitative estimate of drug-likeness (QED) is 0.683. The van der Waals surface area contributed by atoms with Crippen LogP contribution in [-0.2, 0) is 20.8 Å². The molecule has 1 aromatic rings. The van der Waals surface area contributed by atoms with E-state index >= 15 is 0 Å². The van der Waals surface area contributed by atoms with Crippen LogP contribution in [0.1, 0.15) is 12.0 Å². The fourth-order valence-corrected chi connectivity index (χ4v) is 3.00. The third kappa shape index (κ3) is 8.10. The van der Waals surface area contributed by atoms with Crippen LogP contribution in [0, 0.1) is 0 Å². The monoisotopic (exact) mass is 414 g/mol. The van der Waals surface area contributed by atoms with Crippen LogP contribution in [0.3, 0.4) is 0 Å². The third-order valence-corrected chi connectivity index (χ3v) is 4.54. The highest BCUT2D eigenvalue weighted by atomic mass is 19.4. The summed E-state index contributed by atoms with van der Waals surface area (Å²) in [5.41, 5.74) is 1.13. The second kappa shape index (κ2) is 10.8. The van der Waals surface area contributed by atoms with E-state index in [0.717, 1.165) is 12.0 Å². The first kappa shape index (κ1) is 22.7. The first-order valence-corrected chi connectivity index (χ1v) is 9.41. The zero-order valence-corrected chi connectivity index (χ0v) is 16.0. The Morgan fingerprint density at radius 2 is 1.69 bits per heavy atom. The minimum Gasteiger partial charge on any atom is -0.355 e. The molecular formula is C19H25F3N4O3. The molecule has 1 aliphatic rings. The first-order valence-electron chi connectivity index (χ1n) is 9.41. The summed E-state index contributed by atoms with van der Waals surface area (Å²) in [5, 5.41) is 4.45. The van der Waals surface area contributed by atoms with Crippen molar-refractivity contribution in [3.8, 4) is 0 Å². The van der Waals surface area contributed by atoms with Crippen molar-refractivity contribution < 1.29 is 27.6 Å². The van der Waals surface area contributed by atoms with Crippen molar-refractivity contribution in [3.05, 3.63) is 35.9 Å². The smallest absolute Gasteiger partial charge is 0.355 e. The summed E-state index contributed by atoms with van der Waals surface area (Å²) in [6.45, 7) is 1.72. The van der Waals surface area contributed by atoms with Crippen LogP contribution >= 0.6 is 0 Å². The Morgan fingerprint density at radius 1 is 0.966 bits per heavy atom. The Bertz CT molecular complexity index is 698. The fraction of sp³-hybridized carbons (Fsp3) is 0.526. The van der Waals surface area contributed by atoms with E-state index in [2.05, 4.69) is 5.32 Å². The number of carbonyl (C=O) groups excluding carboxylic acids is 3. The van der Waals surface area contributed by atoms with E-state index in [1.54, 1.807) is 5.32 Å². The second-order valence-corrected chi connectivity index (χ2v) is 6.78. The molecule has 2 N–H and O–H groups in total. The number of amides is 3. The van der Waals surface area contributed by atoms with E-state index in [9.17, 15) is 27.6 Å². The van der Waals surface area contributed by atoms with Gasteiger partial charge in [-0.2, -0.15) is 13.2 Å². The van der Waals surface area contributed by atoms with Gasteiger partial charge in [0.25, 0.3) is 0 Å². The Labute approximate surface area is 167 Å². The van der Waals surface area contributed by atoms with Crippen molar-refractivity contribution in [1.29, 1.82) is 0 Å². The number of hydrogen-bond donors (Lipinski definition) is 2. The molecule has 0 atom stereocenters. The van der Waals surface area contributed by atoms with Gasteiger partial charge in [0, 0.05) is 32.7 Å². The maximum absolute atomic E-state index is 12.2. The summed E-state index contributed by atoms with van der Waals surface area (Å²) in [7, 11) is 0. The van der Waals surface area contributed by atoms with Crippen molar-refractivity contribution in [2.24, 2.45) is 0 Å². The standard InChI is InChI=1S/C19H25F3N4O3/c20-19(21,22)18(29)24-13-17(28)26-10-4-9-25(11-12-26)14-16(27)23-8-7-15-5-2-1-3-6-15/h1-3,5-6H,4,7-14H2,(H,23,27)(H,24,29). The van der Waals surface area contributed by atoms with Crippen LogP contribution < -0.4 is 10.6 Å². The number of nitrogens with one attached hydrogen (secondary N) is 2. The fourth-order valence-electron chi connectivity index (χ4n) is 3.00. The van der Waals surface area contributed by atoms with Gasteiger partial charge in [0.05, 0.1) is 13.1 Å². The molecule has 10 heteroatoms. The maximum Gasteiger partial charge on any atom is 0.471 e. The first-order chi connectivity index (χ1) is 13.8. The summed E-state index contributed by atoms with van der Waals surface area (Å²) in [6, 6.07) is 9.79. The molecule has 2 rings (SSSR count). The van der Waals surface area contributed by atoms with E-state index in [-0.39, 0.29) is 19.0 Å². The minimum absolute atomic E-state index is 0.113. The third-order valence-electron chi connectivity index (χ3n) is 4.54. The van der Waals surface area contributed by atoms with Gasteiger partial charge in [-0.15, -0.1) is 0 Å². The number of hydrogen-bond acceptors (Lipinski definition) is 4. The van der Waals surface area contributed by atoms with Gasteiger partial charge in [-0.3, -0.25) is 19.3 Å². The van der Waals surface area contributed by atoms with Gasteiger partial charge in [0.1, 0.15) is 0 Å². The molecule has 3 amide bonds. The molecule has 0 aliphatic carbocycles. The Kier molecular flexibility index (Phi) is 8.44. The Balaban J connectivity index is 1.68. The van der Waals surface area contributed by atoms with Crippen LogP contribution in [0.15, 0.2) is 30.3 Å². The largest absolute Gasteiger partial charge is 0.471 e. The average molecular weight is 414 g/mol. The van der Waals surface area contributed by atoms with Gasteiger partial charge in [-0.05, 0) is 18.4 Å². The number of rotatable bonds is 7. The molecule has 0 unspecified atom stereocenters. The molecule has 1 fully saturated rings. The van der Waals surface area contributed by atoms with Gasteiger partial charge in [-0.25, -0.2) is 0 Å². The molecule has 1 heterocycles. The second-order valence-electron chi connectivity index (χ2n) is 6.78. The summed E-state index contributed by atoms with van der Waals surface area (Å²) in [4.78, 5) is 38.3. The van der Waals surface area contributed by atoms with Crippen LogP contribution in [-0.4, -0.2) is 79.5 Å². The molecule has 0 saturated carbocycles. The lowest BCUT2D eigenvalue weighted by Crippen LogP contribution is -2.45. The SMILES string of the molecule is O=C(CN1CCCN(C(=O)CNC(=O)C(F)(F)F)CC1)NCCc1ccccc1. The molecule has 1 saturated heterocycles. The Hall–Kier alpha value is -2.62. The topological polar surface area (TPSA) is 81.8 Å². The molecular weight excluding hydrogens is 389 g/mol. The molecule has 160 valence electrons. The van der Waals surface area contributed by atoms with Crippen molar-refractivity contribution in [3.63, 3.8) is 0 Å². The van der Waals surface area contributed by atoms with Crippen LogP contribution in [0.2, 0.25) is 0 Å². The number of nitrogens with zero attached hydrogens (tertiary/aromatic N) is 2. The zero-order valence-electron chi connectivity index (χ0n) is 16.0. The maximum atomic E-state index is 12.2. The van der Waals surface area contributed by atoms with Gasteiger partial charge in [0.15, 0.2) is 0 Å². The normalized spacial score (nSPS) is 15.5. The predicted octanol–water partition coefficient (Wildman–Crippen LogP) is 0.558. The summed E-state index contributed by atoms with van der Waals surface area (Å²) < 4.78 is 36.5. The molecule has 0 spiro atoms. The van der Waals surface area contributed by atoms with E-state index in [1.807, 2.05) is 35.2 Å². The number of carbonyl (C=O) groups is 3. The van der Waals surface area contributed by atoms with E-state index < -0.39 is 24.5 Å². The highest BCUT2D eigenvalue weighted by Gasteiger charge is 2.38. The van der Waals surface area contributed by atoms with Crippen molar-refractivity contribution in [2.45, 2.75) is 19.0 Å². The Morgan fingerprint density at radius 3 is 2.38 bits per heavy atom. The zero-order chi connectivity index (χ0) is 21.3. The van der Waals surface area contributed by atoms with Crippen molar-refractivity contribution in [2.75, 3.05) is 45.8 Å². The molecule has 29 heavy (non-hydrogen) atoms. The number of halogens is 3. The summed E-state index contributed by atoms with van der Waals surface area (Å²) >= 11 is 0. The van der Waals surface area contributed by atoms with Crippen LogP contribution in [0.4, 0.5) is 13.2 Å². The lowest BCUT2D eigenvalue weighted by Gasteiger charge is -2.22. The highest BCUT2D eigenvalue weighted by Crippen LogP contribution is 2.14. The number of benzene rings is 1. The average Bonchev–Trinajstić information content (AvgIpc) is 2.91. The lowest BCUT2D eigenvalue weighted by atomic mass is 10.1. The van der Waals surface area contributed by atoms with Gasteiger partial charge in [-0.1, -0.05) is 30.3 Å². The molecule has 0 radical (unpaired) electrons. The van der Waals surface area contributed by atoms with Gasteiger partial charge >= 0.3 is 12.1 Å². The molecule has 0 aromatic heterocycles.